The lowest BCUT2D eigenvalue weighted by Crippen LogP contribution is -1.98. The van der Waals surface area contributed by atoms with Crippen molar-refractivity contribution in [1.82, 2.24) is 9.97 Å². The van der Waals surface area contributed by atoms with E-state index in [9.17, 15) is 0 Å². The summed E-state index contributed by atoms with van der Waals surface area (Å²) in [5.74, 6) is 3.98. The zero-order chi connectivity index (χ0) is 14.2. The van der Waals surface area contributed by atoms with Crippen molar-refractivity contribution in [2.24, 2.45) is 0 Å². The smallest absolute Gasteiger partial charge is 0.159 e. The summed E-state index contributed by atoms with van der Waals surface area (Å²) in [6.45, 7) is 2.89. The molecule has 0 unspecified atom stereocenters. The summed E-state index contributed by atoms with van der Waals surface area (Å²) in [6.07, 6.45) is 12.2. The molecular weight excluding hydrogens is 248 g/mol. The van der Waals surface area contributed by atoms with Gasteiger partial charge in [0, 0.05) is 11.1 Å². The summed E-state index contributed by atoms with van der Waals surface area (Å²) in [7, 11) is 0. The quantitative estimate of drug-likeness (QED) is 0.590. The van der Waals surface area contributed by atoms with Gasteiger partial charge in [0.2, 0.25) is 0 Å². The maximum atomic E-state index is 5.58. The molecule has 20 heavy (non-hydrogen) atoms. The number of hydrogen-bond acceptors (Lipinski definition) is 3. The van der Waals surface area contributed by atoms with Crippen LogP contribution in [0.3, 0.4) is 0 Å². The van der Waals surface area contributed by atoms with Gasteiger partial charge in [0.1, 0.15) is 0 Å². The predicted octanol–water partition coefficient (Wildman–Crippen LogP) is 3.69. The van der Waals surface area contributed by atoms with Crippen LogP contribution in [0.5, 0.6) is 5.75 Å². The molecule has 0 fully saturated rings. The highest BCUT2D eigenvalue weighted by molar-refractivity contribution is 5.56. The Kier molecular flexibility index (Phi) is 5.14. The highest BCUT2D eigenvalue weighted by Crippen LogP contribution is 2.17. The van der Waals surface area contributed by atoms with Crippen molar-refractivity contribution < 1.29 is 4.74 Å². The van der Waals surface area contributed by atoms with Crippen molar-refractivity contribution in [3.8, 4) is 29.5 Å². The number of ether oxygens (including phenoxy) is 1. The molecule has 0 amide bonds. The van der Waals surface area contributed by atoms with Gasteiger partial charge in [-0.3, -0.25) is 0 Å². The molecule has 1 heterocycles. The zero-order valence-corrected chi connectivity index (χ0v) is 11.7. The summed E-state index contributed by atoms with van der Waals surface area (Å²) in [5, 5.41) is 0. The Bertz CT molecular complexity index is 567. The van der Waals surface area contributed by atoms with Gasteiger partial charge in [-0.15, -0.1) is 6.42 Å². The molecule has 1 aromatic carbocycles. The minimum Gasteiger partial charge on any atom is -0.490 e. The molecule has 0 saturated heterocycles. The summed E-state index contributed by atoms with van der Waals surface area (Å²) in [4.78, 5) is 8.63. The third-order valence-electron chi connectivity index (χ3n) is 2.95. The SMILES string of the molecule is C#Cc1ccc(-c2ncc(OCCCCC)cn2)cc1. The molecule has 0 radical (unpaired) electrons. The fraction of sp³-hybridized carbons (Fsp3) is 0.294. The molecular formula is C17H18N2O. The Morgan fingerprint density at radius 3 is 2.40 bits per heavy atom. The van der Waals surface area contributed by atoms with E-state index in [0.717, 1.165) is 17.5 Å². The molecule has 0 aliphatic carbocycles. The molecule has 3 nitrogen and oxygen atoms in total. The van der Waals surface area contributed by atoms with Gasteiger partial charge in [-0.2, -0.15) is 0 Å². The molecule has 1 aromatic heterocycles. The standard InChI is InChI=1S/C17H18N2O/c1-3-5-6-11-20-16-12-18-17(19-13-16)15-9-7-14(4-2)8-10-15/h2,7-10,12-13H,3,5-6,11H2,1H3. The van der Waals surface area contributed by atoms with E-state index in [-0.39, 0.29) is 0 Å². The van der Waals surface area contributed by atoms with E-state index in [1.54, 1.807) is 12.4 Å². The average molecular weight is 266 g/mol. The Balaban J connectivity index is 1.98. The fourth-order valence-corrected chi connectivity index (χ4v) is 1.80. The van der Waals surface area contributed by atoms with Crippen LogP contribution in [0, 0.1) is 12.3 Å². The van der Waals surface area contributed by atoms with Gasteiger partial charge in [-0.05, 0) is 30.7 Å². The van der Waals surface area contributed by atoms with Crippen molar-refractivity contribution in [2.75, 3.05) is 6.61 Å². The van der Waals surface area contributed by atoms with Crippen LogP contribution < -0.4 is 4.74 Å². The molecule has 0 bridgehead atoms. The molecule has 0 saturated carbocycles. The minimum atomic E-state index is 0.675. The molecule has 2 rings (SSSR count). The van der Waals surface area contributed by atoms with Crippen LogP contribution in [-0.2, 0) is 0 Å². The summed E-state index contributed by atoms with van der Waals surface area (Å²) >= 11 is 0. The van der Waals surface area contributed by atoms with Crippen LogP contribution in [0.2, 0.25) is 0 Å². The Labute approximate surface area is 120 Å². The lowest BCUT2D eigenvalue weighted by atomic mass is 10.1. The number of rotatable bonds is 6. The van der Waals surface area contributed by atoms with E-state index in [2.05, 4.69) is 22.8 Å². The second-order valence-electron chi connectivity index (χ2n) is 4.52. The summed E-state index contributed by atoms with van der Waals surface area (Å²) in [6, 6.07) is 7.61. The number of terminal acetylenes is 1. The van der Waals surface area contributed by atoms with Crippen molar-refractivity contribution in [2.45, 2.75) is 26.2 Å². The van der Waals surface area contributed by atoms with Gasteiger partial charge in [-0.1, -0.05) is 25.7 Å². The molecule has 102 valence electrons. The number of aromatic nitrogens is 2. The largest absolute Gasteiger partial charge is 0.490 e. The van der Waals surface area contributed by atoms with Crippen LogP contribution in [0.15, 0.2) is 36.7 Å². The van der Waals surface area contributed by atoms with E-state index in [0.29, 0.717) is 18.2 Å². The first-order chi connectivity index (χ1) is 9.83. The van der Waals surface area contributed by atoms with E-state index in [1.165, 1.54) is 12.8 Å². The number of hydrogen-bond donors (Lipinski definition) is 0. The Hall–Kier alpha value is -2.34. The van der Waals surface area contributed by atoms with E-state index in [4.69, 9.17) is 11.2 Å². The van der Waals surface area contributed by atoms with Gasteiger partial charge < -0.3 is 4.74 Å². The molecule has 3 heteroatoms. The molecule has 2 aromatic rings. The van der Waals surface area contributed by atoms with Gasteiger partial charge in [-0.25, -0.2) is 9.97 Å². The lowest BCUT2D eigenvalue weighted by Gasteiger charge is -2.05. The van der Waals surface area contributed by atoms with Crippen LogP contribution in [0.25, 0.3) is 11.4 Å². The van der Waals surface area contributed by atoms with Crippen molar-refractivity contribution >= 4 is 0 Å². The highest BCUT2D eigenvalue weighted by Gasteiger charge is 2.02. The summed E-state index contributed by atoms with van der Waals surface area (Å²) < 4.78 is 5.58. The van der Waals surface area contributed by atoms with Gasteiger partial charge in [0.05, 0.1) is 19.0 Å². The van der Waals surface area contributed by atoms with Crippen molar-refractivity contribution in [1.29, 1.82) is 0 Å². The Morgan fingerprint density at radius 2 is 1.80 bits per heavy atom. The van der Waals surface area contributed by atoms with Gasteiger partial charge in [0.25, 0.3) is 0 Å². The minimum absolute atomic E-state index is 0.675. The fourth-order valence-electron chi connectivity index (χ4n) is 1.80. The second-order valence-corrected chi connectivity index (χ2v) is 4.52. The first-order valence-electron chi connectivity index (χ1n) is 6.85. The summed E-state index contributed by atoms with van der Waals surface area (Å²) in [5.41, 5.74) is 1.80. The zero-order valence-electron chi connectivity index (χ0n) is 11.7. The lowest BCUT2D eigenvalue weighted by molar-refractivity contribution is 0.304. The normalized spacial score (nSPS) is 10.0. The highest BCUT2D eigenvalue weighted by atomic mass is 16.5. The first-order valence-corrected chi connectivity index (χ1v) is 6.85. The third-order valence-corrected chi connectivity index (χ3v) is 2.95. The number of unbranched alkanes of at least 4 members (excludes halogenated alkanes) is 2. The van der Waals surface area contributed by atoms with Crippen LogP contribution in [-0.4, -0.2) is 16.6 Å². The maximum Gasteiger partial charge on any atom is 0.159 e. The van der Waals surface area contributed by atoms with Crippen molar-refractivity contribution in [3.05, 3.63) is 42.2 Å². The van der Waals surface area contributed by atoms with Crippen LogP contribution >= 0.6 is 0 Å². The number of benzene rings is 1. The number of nitrogens with zero attached hydrogens (tertiary/aromatic N) is 2. The van der Waals surface area contributed by atoms with E-state index < -0.39 is 0 Å². The first kappa shape index (κ1) is 14.1. The average Bonchev–Trinajstić information content (AvgIpc) is 2.52. The van der Waals surface area contributed by atoms with E-state index >= 15 is 0 Å². The van der Waals surface area contributed by atoms with Gasteiger partial charge >= 0.3 is 0 Å². The third kappa shape index (κ3) is 3.83. The van der Waals surface area contributed by atoms with Crippen LogP contribution in [0.4, 0.5) is 0 Å². The molecule has 0 N–H and O–H groups in total. The predicted molar refractivity (Wildman–Crippen MR) is 80.4 cm³/mol. The maximum absolute atomic E-state index is 5.58. The van der Waals surface area contributed by atoms with Gasteiger partial charge in [0.15, 0.2) is 11.6 Å². The monoisotopic (exact) mass is 266 g/mol. The van der Waals surface area contributed by atoms with Crippen LogP contribution in [0.1, 0.15) is 31.7 Å². The van der Waals surface area contributed by atoms with E-state index in [1.807, 2.05) is 24.3 Å². The molecule has 0 aliphatic heterocycles. The second kappa shape index (κ2) is 7.30. The molecule has 0 spiro atoms. The topological polar surface area (TPSA) is 35.0 Å². The molecule has 0 aliphatic rings. The molecule has 0 atom stereocenters. The Morgan fingerprint density at radius 1 is 1.10 bits per heavy atom. The van der Waals surface area contributed by atoms with Crippen molar-refractivity contribution in [3.63, 3.8) is 0 Å².